The first-order valence-electron chi connectivity index (χ1n) is 6.82. The molecule has 0 bridgehead atoms. The number of likely N-dealkylation sites (N-methyl/N-ethyl adjacent to an activating group) is 1. The first kappa shape index (κ1) is 14.0. The van der Waals surface area contributed by atoms with Crippen LogP contribution in [0.4, 0.5) is 0 Å². The molecule has 1 N–H and O–H groups in total. The van der Waals surface area contributed by atoms with Crippen molar-refractivity contribution in [2.75, 3.05) is 33.7 Å². The minimum atomic E-state index is 0.0938. The zero-order valence-electron chi connectivity index (χ0n) is 11.7. The molecule has 2 rings (SSSR count). The van der Waals surface area contributed by atoms with Gasteiger partial charge in [-0.05, 0) is 39.1 Å². The van der Waals surface area contributed by atoms with E-state index in [1.165, 1.54) is 0 Å². The van der Waals surface area contributed by atoms with E-state index in [9.17, 15) is 4.79 Å². The normalized spacial score (nSPS) is 17.4. The van der Waals surface area contributed by atoms with Crippen molar-refractivity contribution in [3.05, 3.63) is 29.8 Å². The highest BCUT2D eigenvalue weighted by Crippen LogP contribution is 2.19. The Morgan fingerprint density at radius 1 is 1.42 bits per heavy atom. The summed E-state index contributed by atoms with van der Waals surface area (Å²) < 4.78 is 5.97. The first-order valence-corrected chi connectivity index (χ1v) is 6.82. The zero-order valence-corrected chi connectivity index (χ0v) is 11.7. The molecule has 0 atom stereocenters. The van der Waals surface area contributed by atoms with Crippen molar-refractivity contribution in [3.8, 4) is 5.75 Å². The summed E-state index contributed by atoms with van der Waals surface area (Å²) in [5.74, 6) is 0.896. The second-order valence-electron chi connectivity index (χ2n) is 5.10. The van der Waals surface area contributed by atoms with Crippen molar-refractivity contribution in [1.82, 2.24) is 10.2 Å². The monoisotopic (exact) mass is 262 g/mol. The van der Waals surface area contributed by atoms with Crippen LogP contribution in [0, 0.1) is 0 Å². The number of benzene rings is 1. The van der Waals surface area contributed by atoms with Crippen LogP contribution in [0.25, 0.3) is 0 Å². The summed E-state index contributed by atoms with van der Waals surface area (Å²) in [6, 6.07) is 7.49. The number of piperidine rings is 1. The Balaban J connectivity index is 1.97. The number of ketones is 1. The number of hydrogen-bond donors (Lipinski definition) is 1. The molecule has 1 aromatic rings. The van der Waals surface area contributed by atoms with Crippen molar-refractivity contribution in [2.45, 2.75) is 18.9 Å². The molecule has 1 heterocycles. The van der Waals surface area contributed by atoms with Gasteiger partial charge >= 0.3 is 0 Å². The predicted molar refractivity (Wildman–Crippen MR) is 75.8 cm³/mol. The van der Waals surface area contributed by atoms with Gasteiger partial charge in [0.15, 0.2) is 5.78 Å². The van der Waals surface area contributed by atoms with Gasteiger partial charge in [-0.1, -0.05) is 12.1 Å². The fourth-order valence-corrected chi connectivity index (χ4v) is 2.30. The molecule has 0 radical (unpaired) electrons. The molecule has 0 amide bonds. The van der Waals surface area contributed by atoms with Gasteiger partial charge in [0, 0.05) is 18.7 Å². The molecule has 0 unspecified atom stereocenters. The van der Waals surface area contributed by atoms with Crippen molar-refractivity contribution >= 4 is 5.78 Å². The van der Waals surface area contributed by atoms with E-state index in [-0.39, 0.29) is 11.9 Å². The number of carbonyl (C=O) groups excluding carboxylic acids is 1. The number of Topliss-reactive ketones (excluding diaryl/α,β-unsaturated/α-hetero) is 1. The molecule has 1 aliphatic rings. The fraction of sp³-hybridized carbons (Fsp3) is 0.533. The van der Waals surface area contributed by atoms with Crippen molar-refractivity contribution in [1.29, 1.82) is 0 Å². The highest BCUT2D eigenvalue weighted by molar-refractivity contribution is 5.97. The lowest BCUT2D eigenvalue weighted by Gasteiger charge is -2.29. The van der Waals surface area contributed by atoms with Crippen LogP contribution in [0.15, 0.2) is 24.3 Å². The Bertz CT molecular complexity index is 426. The molecule has 0 aliphatic carbocycles. The number of nitrogens with one attached hydrogen (secondary N) is 1. The van der Waals surface area contributed by atoms with Crippen LogP contribution in [0.5, 0.6) is 5.75 Å². The smallest absolute Gasteiger partial charge is 0.176 e. The van der Waals surface area contributed by atoms with Crippen LogP contribution in [0.2, 0.25) is 0 Å². The van der Waals surface area contributed by atoms with Gasteiger partial charge in [-0.2, -0.15) is 0 Å². The summed E-state index contributed by atoms with van der Waals surface area (Å²) in [4.78, 5) is 14.1. The molecule has 4 heteroatoms. The minimum Gasteiger partial charge on any atom is -0.490 e. The Hall–Kier alpha value is -1.39. The lowest BCUT2D eigenvalue weighted by atomic mass is 10.1. The van der Waals surface area contributed by atoms with E-state index in [0.717, 1.165) is 31.7 Å². The molecule has 1 fully saturated rings. The van der Waals surface area contributed by atoms with Gasteiger partial charge in [0.1, 0.15) is 11.9 Å². The molecule has 0 aromatic heterocycles. The number of nitrogens with zero attached hydrogens (tertiary/aromatic N) is 1. The second-order valence-corrected chi connectivity index (χ2v) is 5.10. The van der Waals surface area contributed by atoms with Crippen LogP contribution in [0.3, 0.4) is 0 Å². The largest absolute Gasteiger partial charge is 0.490 e. The van der Waals surface area contributed by atoms with Crippen molar-refractivity contribution in [2.24, 2.45) is 0 Å². The molecule has 0 saturated carbocycles. The Kier molecular flexibility index (Phi) is 4.93. The maximum atomic E-state index is 11.8. The summed E-state index contributed by atoms with van der Waals surface area (Å²) in [6.45, 7) is 2.50. The molecule has 1 aliphatic heterocycles. The summed E-state index contributed by atoms with van der Waals surface area (Å²) in [5, 5.41) is 2.88. The van der Waals surface area contributed by atoms with Crippen LogP contribution in [-0.2, 0) is 0 Å². The third-order valence-corrected chi connectivity index (χ3v) is 3.46. The van der Waals surface area contributed by atoms with Crippen LogP contribution >= 0.6 is 0 Å². The predicted octanol–water partition coefficient (Wildman–Crippen LogP) is 1.56. The first-order chi connectivity index (χ1) is 9.19. The molecular formula is C15H22N2O2. The maximum absolute atomic E-state index is 11.8. The molecule has 19 heavy (non-hydrogen) atoms. The summed E-state index contributed by atoms with van der Waals surface area (Å²) in [7, 11) is 3.91. The number of carbonyl (C=O) groups is 1. The lowest BCUT2D eigenvalue weighted by molar-refractivity contribution is 0.0989. The van der Waals surface area contributed by atoms with E-state index in [2.05, 4.69) is 17.3 Å². The topological polar surface area (TPSA) is 41.6 Å². The van der Waals surface area contributed by atoms with Gasteiger partial charge in [-0.3, -0.25) is 4.79 Å². The van der Waals surface area contributed by atoms with Crippen LogP contribution in [0.1, 0.15) is 23.2 Å². The standard InChI is InChI=1S/C15H22N2O2/c1-16-11-15(18)12-4-3-5-14(10-12)19-13-6-8-17(2)9-7-13/h3-5,10,13,16H,6-9,11H2,1-2H3. The van der Waals surface area contributed by atoms with Crippen LogP contribution < -0.4 is 10.1 Å². The van der Waals surface area contributed by atoms with Crippen molar-refractivity contribution in [3.63, 3.8) is 0 Å². The third kappa shape index (κ3) is 4.04. The van der Waals surface area contributed by atoms with E-state index in [1.807, 2.05) is 24.3 Å². The lowest BCUT2D eigenvalue weighted by Crippen LogP contribution is -2.35. The van der Waals surface area contributed by atoms with Gasteiger partial charge in [-0.15, -0.1) is 0 Å². The number of rotatable bonds is 5. The van der Waals surface area contributed by atoms with Crippen LogP contribution in [-0.4, -0.2) is 50.5 Å². The maximum Gasteiger partial charge on any atom is 0.176 e. The third-order valence-electron chi connectivity index (χ3n) is 3.46. The quantitative estimate of drug-likeness (QED) is 0.818. The van der Waals surface area contributed by atoms with Gasteiger partial charge in [0.25, 0.3) is 0 Å². The van der Waals surface area contributed by atoms with Gasteiger partial charge < -0.3 is 15.0 Å². The molecule has 4 nitrogen and oxygen atoms in total. The van der Waals surface area contributed by atoms with E-state index in [1.54, 1.807) is 7.05 Å². The molecule has 0 spiro atoms. The average Bonchev–Trinajstić information content (AvgIpc) is 2.42. The second kappa shape index (κ2) is 6.68. The average molecular weight is 262 g/mol. The van der Waals surface area contributed by atoms with E-state index < -0.39 is 0 Å². The fourth-order valence-electron chi connectivity index (χ4n) is 2.30. The van der Waals surface area contributed by atoms with Gasteiger partial charge in [0.2, 0.25) is 0 Å². The Labute approximate surface area is 114 Å². The number of hydrogen-bond acceptors (Lipinski definition) is 4. The van der Waals surface area contributed by atoms with Crippen molar-refractivity contribution < 1.29 is 9.53 Å². The molecular weight excluding hydrogens is 240 g/mol. The van der Waals surface area contributed by atoms with E-state index in [4.69, 9.17) is 4.74 Å². The summed E-state index contributed by atoms with van der Waals surface area (Å²) >= 11 is 0. The summed E-state index contributed by atoms with van der Waals surface area (Å²) in [6.07, 6.45) is 2.36. The summed E-state index contributed by atoms with van der Waals surface area (Å²) in [5.41, 5.74) is 0.708. The molecule has 1 aromatic carbocycles. The molecule has 1 saturated heterocycles. The Morgan fingerprint density at radius 3 is 2.84 bits per heavy atom. The highest BCUT2D eigenvalue weighted by Gasteiger charge is 2.18. The Morgan fingerprint density at radius 2 is 2.16 bits per heavy atom. The SMILES string of the molecule is CNCC(=O)c1cccc(OC2CCN(C)CC2)c1. The van der Waals surface area contributed by atoms with E-state index in [0.29, 0.717) is 12.1 Å². The highest BCUT2D eigenvalue weighted by atomic mass is 16.5. The van der Waals surface area contributed by atoms with Gasteiger partial charge in [-0.25, -0.2) is 0 Å². The minimum absolute atomic E-state index is 0.0938. The van der Waals surface area contributed by atoms with E-state index >= 15 is 0 Å². The number of ether oxygens (including phenoxy) is 1. The number of likely N-dealkylation sites (tertiary alicyclic amines) is 1. The zero-order chi connectivity index (χ0) is 13.7. The molecule has 104 valence electrons. The van der Waals surface area contributed by atoms with Gasteiger partial charge in [0.05, 0.1) is 6.54 Å².